The molecule has 3 rings (SSSR count). The average molecular weight is 391 g/mol. The standard InChI is InChI=1S/C21H25N7O/c1-14-8-10-16(11-9-14)23-19(29)13-28(3)12-18-25-20(22)27-21(26-18)24-17-7-5-4-6-15(17)2/h4-11H,12-13H2,1-3H3,(H,23,29)(H3,22,24,25,26,27). The minimum Gasteiger partial charge on any atom is -0.368 e. The third-order valence-corrected chi connectivity index (χ3v) is 4.25. The monoisotopic (exact) mass is 391 g/mol. The molecule has 8 heteroatoms. The van der Waals surface area contributed by atoms with Gasteiger partial charge in [0.05, 0.1) is 13.1 Å². The van der Waals surface area contributed by atoms with E-state index in [9.17, 15) is 4.79 Å². The number of aryl methyl sites for hydroxylation is 2. The normalized spacial score (nSPS) is 10.8. The van der Waals surface area contributed by atoms with Gasteiger partial charge in [-0.15, -0.1) is 0 Å². The lowest BCUT2D eigenvalue weighted by atomic mass is 10.2. The van der Waals surface area contributed by atoms with Crippen LogP contribution >= 0.6 is 0 Å². The van der Waals surface area contributed by atoms with E-state index in [0.717, 1.165) is 22.5 Å². The molecule has 2 aromatic carbocycles. The predicted molar refractivity (Wildman–Crippen MR) is 115 cm³/mol. The van der Waals surface area contributed by atoms with Crippen LogP contribution in [0.15, 0.2) is 48.5 Å². The van der Waals surface area contributed by atoms with E-state index in [1.165, 1.54) is 0 Å². The Bertz CT molecular complexity index is 989. The van der Waals surface area contributed by atoms with Gasteiger partial charge in [-0.25, -0.2) is 0 Å². The first-order chi connectivity index (χ1) is 13.9. The molecule has 0 atom stereocenters. The highest BCUT2D eigenvalue weighted by Gasteiger charge is 2.12. The van der Waals surface area contributed by atoms with Crippen LogP contribution in [0.25, 0.3) is 0 Å². The Morgan fingerprint density at radius 2 is 1.76 bits per heavy atom. The van der Waals surface area contributed by atoms with E-state index in [-0.39, 0.29) is 18.4 Å². The number of aromatic nitrogens is 3. The molecule has 1 aromatic heterocycles. The predicted octanol–water partition coefficient (Wildman–Crippen LogP) is 2.88. The van der Waals surface area contributed by atoms with Gasteiger partial charge in [0.1, 0.15) is 5.82 Å². The minimum absolute atomic E-state index is 0.114. The summed E-state index contributed by atoms with van der Waals surface area (Å²) in [6.45, 7) is 4.55. The highest BCUT2D eigenvalue weighted by atomic mass is 16.2. The maximum atomic E-state index is 12.3. The summed E-state index contributed by atoms with van der Waals surface area (Å²) in [5, 5.41) is 6.04. The second-order valence-electron chi connectivity index (χ2n) is 6.96. The Kier molecular flexibility index (Phi) is 6.36. The van der Waals surface area contributed by atoms with Crippen LogP contribution in [-0.4, -0.2) is 39.4 Å². The molecule has 0 saturated carbocycles. The van der Waals surface area contributed by atoms with Gasteiger partial charge in [0.15, 0.2) is 0 Å². The van der Waals surface area contributed by atoms with Crippen molar-refractivity contribution in [3.8, 4) is 0 Å². The first-order valence-electron chi connectivity index (χ1n) is 9.27. The van der Waals surface area contributed by atoms with E-state index in [0.29, 0.717) is 18.3 Å². The van der Waals surface area contributed by atoms with Gasteiger partial charge < -0.3 is 16.4 Å². The number of rotatable bonds is 7. The maximum Gasteiger partial charge on any atom is 0.238 e. The van der Waals surface area contributed by atoms with E-state index in [2.05, 4.69) is 25.6 Å². The molecule has 0 aliphatic rings. The van der Waals surface area contributed by atoms with Crippen LogP contribution in [0, 0.1) is 13.8 Å². The smallest absolute Gasteiger partial charge is 0.238 e. The van der Waals surface area contributed by atoms with Crippen molar-refractivity contribution in [3.63, 3.8) is 0 Å². The molecule has 8 nitrogen and oxygen atoms in total. The molecule has 1 amide bonds. The van der Waals surface area contributed by atoms with Crippen molar-refractivity contribution in [1.29, 1.82) is 0 Å². The molecule has 150 valence electrons. The van der Waals surface area contributed by atoms with E-state index in [1.807, 2.05) is 74.3 Å². The third-order valence-electron chi connectivity index (χ3n) is 4.25. The molecule has 0 bridgehead atoms. The zero-order valence-electron chi connectivity index (χ0n) is 16.8. The Labute approximate surface area is 170 Å². The number of nitrogen functional groups attached to an aromatic ring is 1. The van der Waals surface area contributed by atoms with Gasteiger partial charge in [-0.05, 0) is 44.7 Å². The number of carbonyl (C=O) groups excluding carboxylic acids is 1. The van der Waals surface area contributed by atoms with Gasteiger partial charge in [0.2, 0.25) is 17.8 Å². The van der Waals surface area contributed by atoms with Crippen LogP contribution in [-0.2, 0) is 11.3 Å². The van der Waals surface area contributed by atoms with Crippen molar-refractivity contribution >= 4 is 29.2 Å². The molecular weight excluding hydrogens is 366 g/mol. The topological polar surface area (TPSA) is 109 Å². The van der Waals surface area contributed by atoms with Crippen LogP contribution in [0.3, 0.4) is 0 Å². The first-order valence-corrected chi connectivity index (χ1v) is 9.27. The van der Waals surface area contributed by atoms with Crippen molar-refractivity contribution in [2.75, 3.05) is 30.0 Å². The number of para-hydroxylation sites is 1. The fourth-order valence-corrected chi connectivity index (χ4v) is 2.78. The van der Waals surface area contributed by atoms with Gasteiger partial charge in [-0.3, -0.25) is 9.69 Å². The second kappa shape index (κ2) is 9.11. The molecule has 1 heterocycles. The quantitative estimate of drug-likeness (QED) is 0.568. The van der Waals surface area contributed by atoms with E-state index < -0.39 is 0 Å². The lowest BCUT2D eigenvalue weighted by molar-refractivity contribution is -0.117. The number of nitrogens with zero attached hydrogens (tertiary/aromatic N) is 4. The molecule has 0 fully saturated rings. The minimum atomic E-state index is -0.114. The molecule has 4 N–H and O–H groups in total. The summed E-state index contributed by atoms with van der Waals surface area (Å²) < 4.78 is 0. The zero-order valence-corrected chi connectivity index (χ0v) is 16.8. The summed E-state index contributed by atoms with van der Waals surface area (Å²) >= 11 is 0. The van der Waals surface area contributed by atoms with Crippen LogP contribution in [0.4, 0.5) is 23.3 Å². The summed E-state index contributed by atoms with van der Waals surface area (Å²) in [5.41, 5.74) is 9.72. The number of benzene rings is 2. The summed E-state index contributed by atoms with van der Waals surface area (Å²) in [6.07, 6.45) is 0. The summed E-state index contributed by atoms with van der Waals surface area (Å²) in [5.74, 6) is 0.874. The summed E-state index contributed by atoms with van der Waals surface area (Å²) in [6, 6.07) is 15.5. The number of anilines is 4. The molecule has 29 heavy (non-hydrogen) atoms. The lowest BCUT2D eigenvalue weighted by Gasteiger charge is -2.16. The Balaban J connectivity index is 1.61. The Hall–Kier alpha value is -3.52. The fraction of sp³-hybridized carbons (Fsp3) is 0.238. The van der Waals surface area contributed by atoms with Crippen LogP contribution in [0.2, 0.25) is 0 Å². The number of carbonyl (C=O) groups is 1. The number of nitrogens with two attached hydrogens (primary N) is 1. The molecule has 0 aliphatic heterocycles. The van der Waals surface area contributed by atoms with Crippen LogP contribution in [0.5, 0.6) is 0 Å². The van der Waals surface area contributed by atoms with Crippen molar-refractivity contribution in [2.45, 2.75) is 20.4 Å². The van der Waals surface area contributed by atoms with Crippen molar-refractivity contribution < 1.29 is 4.79 Å². The van der Waals surface area contributed by atoms with Gasteiger partial charge in [0, 0.05) is 11.4 Å². The average Bonchev–Trinajstić information content (AvgIpc) is 2.65. The highest BCUT2D eigenvalue weighted by Crippen LogP contribution is 2.18. The molecule has 0 saturated heterocycles. The summed E-state index contributed by atoms with van der Waals surface area (Å²) in [7, 11) is 1.82. The molecule has 3 aromatic rings. The fourth-order valence-electron chi connectivity index (χ4n) is 2.78. The molecule has 0 aliphatic carbocycles. The Morgan fingerprint density at radius 3 is 2.48 bits per heavy atom. The molecule has 0 unspecified atom stereocenters. The number of nitrogens with one attached hydrogen (secondary N) is 2. The number of hydrogen-bond donors (Lipinski definition) is 3. The molecule has 0 spiro atoms. The van der Waals surface area contributed by atoms with Crippen LogP contribution < -0.4 is 16.4 Å². The maximum absolute atomic E-state index is 12.3. The number of amides is 1. The van der Waals surface area contributed by atoms with Gasteiger partial charge in [-0.2, -0.15) is 15.0 Å². The van der Waals surface area contributed by atoms with Gasteiger partial charge in [-0.1, -0.05) is 35.9 Å². The SMILES string of the molecule is Cc1ccc(NC(=O)CN(C)Cc2nc(N)nc(Nc3ccccc3C)n2)cc1. The van der Waals surface area contributed by atoms with Crippen molar-refractivity contribution in [3.05, 3.63) is 65.5 Å². The van der Waals surface area contributed by atoms with Crippen LogP contribution in [0.1, 0.15) is 17.0 Å². The van der Waals surface area contributed by atoms with Crippen molar-refractivity contribution in [1.82, 2.24) is 19.9 Å². The van der Waals surface area contributed by atoms with Gasteiger partial charge >= 0.3 is 0 Å². The first kappa shape index (κ1) is 20.2. The van der Waals surface area contributed by atoms with E-state index in [4.69, 9.17) is 5.73 Å². The van der Waals surface area contributed by atoms with Crippen molar-refractivity contribution in [2.24, 2.45) is 0 Å². The number of hydrogen-bond acceptors (Lipinski definition) is 7. The second-order valence-corrected chi connectivity index (χ2v) is 6.96. The zero-order chi connectivity index (χ0) is 20.8. The largest absolute Gasteiger partial charge is 0.368 e. The third kappa shape index (κ3) is 5.98. The molecule has 0 radical (unpaired) electrons. The number of likely N-dealkylation sites (N-methyl/N-ethyl adjacent to an activating group) is 1. The lowest BCUT2D eigenvalue weighted by Crippen LogP contribution is -2.30. The Morgan fingerprint density at radius 1 is 1.03 bits per heavy atom. The van der Waals surface area contributed by atoms with E-state index >= 15 is 0 Å². The van der Waals surface area contributed by atoms with Gasteiger partial charge in [0.25, 0.3) is 0 Å². The van der Waals surface area contributed by atoms with E-state index in [1.54, 1.807) is 0 Å². The highest BCUT2D eigenvalue weighted by molar-refractivity contribution is 5.92. The summed E-state index contributed by atoms with van der Waals surface area (Å²) in [4.78, 5) is 26.8. The molecular formula is C21H25N7O.